The number of unbranched alkanes of at least 4 members (excludes halogenated alkanes) is 19. The number of hydrogen-bond donors (Lipinski definition) is 2. The van der Waals surface area contributed by atoms with E-state index in [1.165, 1.54) is 122 Å². The number of phosphoric acid groups is 1. The van der Waals surface area contributed by atoms with Crippen LogP contribution >= 0.6 is 7.82 Å². The van der Waals surface area contributed by atoms with E-state index in [2.05, 4.69) is 26.0 Å². The molecule has 1 unspecified atom stereocenters. The van der Waals surface area contributed by atoms with Gasteiger partial charge in [-0.1, -0.05) is 190 Å². The summed E-state index contributed by atoms with van der Waals surface area (Å²) in [6, 6.07) is 0. The van der Waals surface area contributed by atoms with Crippen LogP contribution in [0.25, 0.3) is 0 Å². The van der Waals surface area contributed by atoms with Crippen molar-refractivity contribution in [1.82, 2.24) is 0 Å². The molecule has 0 radical (unpaired) electrons. The van der Waals surface area contributed by atoms with E-state index in [0.717, 1.165) is 19.3 Å². The number of carbonyl (C=O) groups is 1. The number of esters is 1. The summed E-state index contributed by atoms with van der Waals surface area (Å²) in [6.45, 7) is 4.02. The number of carbonyl (C=O) groups excluding carboxylic acids is 1. The van der Waals surface area contributed by atoms with Crippen LogP contribution in [0.1, 0.15) is 149 Å². The second-order valence-corrected chi connectivity index (χ2v) is 14.5. The fourth-order valence-corrected chi connectivity index (χ4v) is 5.91. The van der Waals surface area contributed by atoms with Crippen LogP contribution in [0.4, 0.5) is 0 Å². The fourth-order valence-electron chi connectivity index (χ4n) is 5.15. The van der Waals surface area contributed by atoms with Crippen LogP contribution in [-0.2, 0) is 27.9 Å². The van der Waals surface area contributed by atoms with Crippen molar-refractivity contribution >= 4 is 13.8 Å². The average Bonchev–Trinajstić information content (AvgIpc) is 3.13. The number of allylic oxidation sites excluding steroid dienone is 12. The molecule has 0 aliphatic carbocycles. The van der Waals surface area contributed by atoms with Gasteiger partial charge in [0.2, 0.25) is 0 Å². The molecule has 2 atom stereocenters. The maximum Gasteiger partial charge on any atom is 0.472 e. The number of nitrogens with two attached hydrogens (primary N) is 1. The molecule has 0 aromatic heterocycles. The Morgan fingerprint density at radius 2 is 1.04 bits per heavy atom. The van der Waals surface area contributed by atoms with Crippen molar-refractivity contribution < 1.29 is 32.8 Å². The van der Waals surface area contributed by atoms with Crippen molar-refractivity contribution in [3.8, 4) is 0 Å². The van der Waals surface area contributed by atoms with Gasteiger partial charge >= 0.3 is 13.8 Å². The fraction of sp³-hybridized carbons (Fsp3) is 0.651. The number of ether oxygens (including phenoxy) is 2. The summed E-state index contributed by atoms with van der Waals surface area (Å²) in [5.41, 5.74) is 5.34. The first-order valence-electron chi connectivity index (χ1n) is 20.2. The van der Waals surface area contributed by atoms with Crippen molar-refractivity contribution in [3.63, 3.8) is 0 Å². The molecule has 0 saturated heterocycles. The van der Waals surface area contributed by atoms with Gasteiger partial charge in [0, 0.05) is 12.6 Å². The molecule has 3 N–H and O–H groups in total. The second kappa shape index (κ2) is 39.7. The van der Waals surface area contributed by atoms with E-state index >= 15 is 0 Å². The van der Waals surface area contributed by atoms with Gasteiger partial charge in [0.15, 0.2) is 6.10 Å². The van der Waals surface area contributed by atoms with Gasteiger partial charge in [-0.3, -0.25) is 9.05 Å². The molecule has 0 heterocycles. The molecule has 8 nitrogen and oxygen atoms in total. The van der Waals surface area contributed by atoms with Gasteiger partial charge in [-0.25, -0.2) is 9.36 Å². The number of rotatable bonds is 37. The van der Waals surface area contributed by atoms with E-state index in [-0.39, 0.29) is 26.4 Å². The number of phosphoric ester groups is 1. The maximum atomic E-state index is 12.4. The van der Waals surface area contributed by atoms with Crippen LogP contribution in [-0.4, -0.2) is 43.3 Å². The molecule has 0 aromatic carbocycles. The summed E-state index contributed by atoms with van der Waals surface area (Å²) in [5, 5.41) is 0. The van der Waals surface area contributed by atoms with Crippen LogP contribution in [0.15, 0.2) is 85.3 Å². The molecule has 0 fully saturated rings. The molecule has 0 saturated carbocycles. The Hall–Kier alpha value is -2.48. The van der Waals surface area contributed by atoms with Gasteiger partial charge in [-0.15, -0.1) is 0 Å². The topological polar surface area (TPSA) is 117 Å². The highest BCUT2D eigenvalue weighted by atomic mass is 31.2. The first kappa shape index (κ1) is 49.5. The van der Waals surface area contributed by atoms with Crippen LogP contribution in [0.5, 0.6) is 0 Å². The van der Waals surface area contributed by atoms with Gasteiger partial charge < -0.3 is 20.1 Å². The highest BCUT2D eigenvalue weighted by Gasteiger charge is 2.24. The monoisotopic (exact) mass is 748 g/mol. The normalized spacial score (nSPS) is 14.4. The summed E-state index contributed by atoms with van der Waals surface area (Å²) < 4.78 is 32.8. The van der Waals surface area contributed by atoms with Crippen molar-refractivity contribution in [2.75, 3.05) is 26.4 Å². The van der Waals surface area contributed by atoms with Gasteiger partial charge in [-0.05, 0) is 31.8 Å². The Morgan fingerprint density at radius 1 is 0.596 bits per heavy atom. The summed E-state index contributed by atoms with van der Waals surface area (Å²) in [6.07, 6.45) is 51.8. The SMILES string of the molecule is CCCCCCCCCC=CC=CC=CC=CC=C/C=C\C(=O)O[C@H](COC=CCCCCCCCCCCCCCC)COP(=O)(O)OCCN. The van der Waals surface area contributed by atoms with Crippen molar-refractivity contribution in [2.45, 2.75) is 155 Å². The van der Waals surface area contributed by atoms with Crippen LogP contribution in [0.3, 0.4) is 0 Å². The summed E-state index contributed by atoms with van der Waals surface area (Å²) in [4.78, 5) is 22.2. The van der Waals surface area contributed by atoms with Gasteiger partial charge in [0.05, 0.1) is 19.5 Å². The Bertz CT molecular complexity index is 1060. The van der Waals surface area contributed by atoms with Gasteiger partial charge in [0.1, 0.15) is 6.61 Å². The Labute approximate surface area is 318 Å². The van der Waals surface area contributed by atoms with Crippen molar-refractivity contribution in [2.24, 2.45) is 5.73 Å². The van der Waals surface area contributed by atoms with Gasteiger partial charge in [0.25, 0.3) is 0 Å². The lowest BCUT2D eigenvalue weighted by atomic mass is 10.0. The highest BCUT2D eigenvalue weighted by Crippen LogP contribution is 2.43. The molecular weight excluding hydrogens is 673 g/mol. The molecule has 0 bridgehead atoms. The molecule has 0 aromatic rings. The first-order chi connectivity index (χ1) is 25.4. The van der Waals surface area contributed by atoms with E-state index < -0.39 is 19.9 Å². The minimum absolute atomic E-state index is 0.0419. The van der Waals surface area contributed by atoms with Crippen LogP contribution < -0.4 is 5.73 Å². The lowest BCUT2D eigenvalue weighted by Crippen LogP contribution is -2.27. The zero-order chi connectivity index (χ0) is 38.1. The highest BCUT2D eigenvalue weighted by molar-refractivity contribution is 7.47. The summed E-state index contributed by atoms with van der Waals surface area (Å²) in [5.74, 6) is -0.632. The average molecular weight is 748 g/mol. The standard InChI is InChI=1S/C43H74NO7P/c1-3-5-7-9-11-13-15-17-19-20-21-22-23-24-26-28-30-32-34-36-43(45)51-42(41-50-52(46,47)49-39-37-44)40-48-38-35-33-31-29-27-25-18-16-14-12-10-8-6-4-2/h19-24,26,28,30,32,34-36,38,42H,3-18,25,27,29,31,33,37,39-41,44H2,1-2H3,(H,46,47)/b20-19?,22-21?,24-23?,28-26?,32-30?,36-34-,38-35?/t42-/m1/s1. The third-order valence-corrected chi connectivity index (χ3v) is 9.10. The number of hydrogen-bond acceptors (Lipinski definition) is 7. The second-order valence-electron chi connectivity index (χ2n) is 13.1. The quantitative estimate of drug-likeness (QED) is 0.0161. The van der Waals surface area contributed by atoms with E-state index in [4.69, 9.17) is 24.3 Å². The van der Waals surface area contributed by atoms with E-state index in [0.29, 0.717) is 0 Å². The predicted octanol–water partition coefficient (Wildman–Crippen LogP) is 12.1. The summed E-state index contributed by atoms with van der Waals surface area (Å²) >= 11 is 0. The molecule has 0 aliphatic rings. The van der Waals surface area contributed by atoms with Crippen molar-refractivity contribution in [3.05, 3.63) is 85.3 Å². The lowest BCUT2D eigenvalue weighted by molar-refractivity contribution is -0.147. The molecule has 0 amide bonds. The Morgan fingerprint density at radius 3 is 1.54 bits per heavy atom. The molecular formula is C43H74NO7P. The maximum absolute atomic E-state index is 12.4. The third-order valence-electron chi connectivity index (χ3n) is 8.12. The minimum Gasteiger partial charge on any atom is -0.498 e. The largest absolute Gasteiger partial charge is 0.498 e. The zero-order valence-electron chi connectivity index (χ0n) is 32.8. The smallest absolute Gasteiger partial charge is 0.472 e. The molecule has 298 valence electrons. The lowest BCUT2D eigenvalue weighted by Gasteiger charge is -2.18. The zero-order valence-corrected chi connectivity index (χ0v) is 33.7. The molecule has 52 heavy (non-hydrogen) atoms. The van der Waals surface area contributed by atoms with E-state index in [9.17, 15) is 14.3 Å². The summed E-state index contributed by atoms with van der Waals surface area (Å²) in [7, 11) is -4.33. The minimum atomic E-state index is -4.33. The third kappa shape index (κ3) is 38.7. The Balaban J connectivity index is 4.41. The molecule has 0 spiro atoms. The van der Waals surface area contributed by atoms with E-state index in [1.54, 1.807) is 24.5 Å². The first-order valence-corrected chi connectivity index (χ1v) is 21.7. The molecule has 0 rings (SSSR count). The molecule has 9 heteroatoms. The van der Waals surface area contributed by atoms with Crippen LogP contribution in [0, 0.1) is 0 Å². The van der Waals surface area contributed by atoms with Gasteiger partial charge in [-0.2, -0.15) is 0 Å². The van der Waals surface area contributed by atoms with E-state index in [1.807, 2.05) is 42.5 Å². The predicted molar refractivity (Wildman–Crippen MR) is 219 cm³/mol. The van der Waals surface area contributed by atoms with Crippen molar-refractivity contribution in [1.29, 1.82) is 0 Å². The molecule has 0 aliphatic heterocycles. The Kier molecular flexibility index (Phi) is 37.8. The van der Waals surface area contributed by atoms with Crippen LogP contribution in [0.2, 0.25) is 0 Å².